The topological polar surface area (TPSA) is 59.6 Å². The van der Waals surface area contributed by atoms with E-state index in [1.165, 1.54) is 0 Å². The predicted octanol–water partition coefficient (Wildman–Crippen LogP) is 0.898. The molecule has 0 bridgehead atoms. The highest BCUT2D eigenvalue weighted by Gasteiger charge is 2.05. The number of carbonyl (C=O) groups excluding carboxylic acids is 1. The second-order valence-electron chi connectivity index (χ2n) is 4.57. The Labute approximate surface area is 120 Å². The lowest BCUT2D eigenvalue weighted by molar-refractivity contribution is -0.120. The van der Waals surface area contributed by atoms with E-state index in [0.29, 0.717) is 19.6 Å². The second-order valence-corrected chi connectivity index (χ2v) is 4.57. The third-order valence-corrected chi connectivity index (χ3v) is 2.94. The molecular weight excluding hydrogens is 256 g/mol. The maximum atomic E-state index is 11.8. The van der Waals surface area contributed by atoms with Gasteiger partial charge in [0, 0.05) is 26.7 Å². The number of hydrogen-bond donors (Lipinski definition) is 2. The quantitative estimate of drug-likeness (QED) is 0.660. The van der Waals surface area contributed by atoms with Crippen LogP contribution in [0, 0.1) is 6.92 Å². The summed E-state index contributed by atoms with van der Waals surface area (Å²) in [4.78, 5) is 11.8. The molecule has 0 spiro atoms. The monoisotopic (exact) mass is 280 g/mol. The van der Waals surface area contributed by atoms with Crippen LogP contribution in [0.1, 0.15) is 11.1 Å². The second kappa shape index (κ2) is 9.34. The summed E-state index contributed by atoms with van der Waals surface area (Å²) >= 11 is 0. The number of rotatable bonds is 9. The van der Waals surface area contributed by atoms with Gasteiger partial charge in [-0.15, -0.1) is 0 Å². The van der Waals surface area contributed by atoms with Gasteiger partial charge >= 0.3 is 0 Å². The molecular formula is C15H24N2O3. The first-order valence-corrected chi connectivity index (χ1v) is 6.77. The van der Waals surface area contributed by atoms with Crippen molar-refractivity contribution in [2.45, 2.75) is 13.3 Å². The SMILES string of the molecule is COCCNCCNC(=O)Cc1ccc(C)c(OC)c1. The third-order valence-electron chi connectivity index (χ3n) is 2.94. The van der Waals surface area contributed by atoms with E-state index in [4.69, 9.17) is 9.47 Å². The summed E-state index contributed by atoms with van der Waals surface area (Å²) in [5, 5.41) is 6.05. The lowest BCUT2D eigenvalue weighted by atomic mass is 10.1. The van der Waals surface area contributed by atoms with Crippen molar-refractivity contribution in [1.29, 1.82) is 0 Å². The van der Waals surface area contributed by atoms with E-state index >= 15 is 0 Å². The summed E-state index contributed by atoms with van der Waals surface area (Å²) in [6, 6.07) is 5.83. The molecule has 0 aliphatic rings. The molecule has 5 nitrogen and oxygen atoms in total. The van der Waals surface area contributed by atoms with Crippen LogP contribution < -0.4 is 15.4 Å². The van der Waals surface area contributed by atoms with E-state index in [9.17, 15) is 4.79 Å². The van der Waals surface area contributed by atoms with E-state index in [0.717, 1.165) is 30.0 Å². The molecule has 0 heterocycles. The molecule has 0 atom stereocenters. The fourth-order valence-corrected chi connectivity index (χ4v) is 1.81. The Morgan fingerprint density at radius 2 is 2.00 bits per heavy atom. The molecule has 5 heteroatoms. The molecule has 0 saturated heterocycles. The van der Waals surface area contributed by atoms with Crippen molar-refractivity contribution >= 4 is 5.91 Å². The smallest absolute Gasteiger partial charge is 0.224 e. The Morgan fingerprint density at radius 1 is 1.20 bits per heavy atom. The van der Waals surface area contributed by atoms with Crippen LogP contribution in [0.5, 0.6) is 5.75 Å². The van der Waals surface area contributed by atoms with Gasteiger partial charge in [-0.3, -0.25) is 4.79 Å². The van der Waals surface area contributed by atoms with Crippen LogP contribution >= 0.6 is 0 Å². The molecule has 0 radical (unpaired) electrons. The summed E-state index contributed by atoms with van der Waals surface area (Å²) in [6.45, 7) is 4.81. The first-order valence-electron chi connectivity index (χ1n) is 6.77. The first kappa shape index (κ1) is 16.5. The van der Waals surface area contributed by atoms with E-state index in [1.54, 1.807) is 14.2 Å². The number of carbonyl (C=O) groups is 1. The highest BCUT2D eigenvalue weighted by molar-refractivity contribution is 5.78. The fourth-order valence-electron chi connectivity index (χ4n) is 1.81. The van der Waals surface area contributed by atoms with Crippen molar-refractivity contribution in [3.63, 3.8) is 0 Å². The Kier molecular flexibility index (Phi) is 7.69. The maximum Gasteiger partial charge on any atom is 0.224 e. The molecule has 112 valence electrons. The lowest BCUT2D eigenvalue weighted by Gasteiger charge is -2.09. The van der Waals surface area contributed by atoms with Crippen LogP contribution in [0.2, 0.25) is 0 Å². The Bertz CT molecular complexity index is 422. The van der Waals surface area contributed by atoms with Crippen molar-refractivity contribution in [3.8, 4) is 5.75 Å². The average molecular weight is 280 g/mol. The Morgan fingerprint density at radius 3 is 2.70 bits per heavy atom. The molecule has 0 saturated carbocycles. The standard InChI is InChI=1S/C15H24N2O3/c1-12-4-5-13(10-14(12)20-3)11-15(18)17-7-6-16-8-9-19-2/h4-5,10,16H,6-9,11H2,1-3H3,(H,17,18). The maximum absolute atomic E-state index is 11.8. The summed E-state index contributed by atoms with van der Waals surface area (Å²) in [5.41, 5.74) is 2.02. The largest absolute Gasteiger partial charge is 0.496 e. The van der Waals surface area contributed by atoms with Crippen LogP contribution in [-0.2, 0) is 16.0 Å². The predicted molar refractivity (Wildman–Crippen MR) is 79.2 cm³/mol. The molecule has 0 aromatic heterocycles. The van der Waals surface area contributed by atoms with Gasteiger partial charge in [-0.05, 0) is 24.1 Å². The van der Waals surface area contributed by atoms with E-state index in [1.807, 2.05) is 25.1 Å². The molecule has 0 aliphatic carbocycles. The number of amides is 1. The average Bonchev–Trinajstić information content (AvgIpc) is 2.44. The number of aryl methyl sites for hydroxylation is 1. The lowest BCUT2D eigenvalue weighted by Crippen LogP contribution is -2.33. The van der Waals surface area contributed by atoms with E-state index in [-0.39, 0.29) is 5.91 Å². The van der Waals surface area contributed by atoms with Crippen molar-refractivity contribution in [3.05, 3.63) is 29.3 Å². The fraction of sp³-hybridized carbons (Fsp3) is 0.533. The highest BCUT2D eigenvalue weighted by atomic mass is 16.5. The summed E-state index contributed by atoms with van der Waals surface area (Å²) in [7, 11) is 3.30. The molecule has 0 aliphatic heterocycles. The summed E-state index contributed by atoms with van der Waals surface area (Å²) in [6.07, 6.45) is 0.370. The van der Waals surface area contributed by atoms with Gasteiger partial charge in [0.05, 0.1) is 20.1 Å². The number of nitrogens with one attached hydrogen (secondary N) is 2. The molecule has 1 amide bonds. The minimum atomic E-state index is 0.0180. The van der Waals surface area contributed by atoms with Crippen LogP contribution in [0.4, 0.5) is 0 Å². The number of ether oxygens (including phenoxy) is 2. The zero-order chi connectivity index (χ0) is 14.8. The van der Waals surface area contributed by atoms with Gasteiger partial charge in [0.15, 0.2) is 0 Å². The van der Waals surface area contributed by atoms with Gasteiger partial charge in [-0.2, -0.15) is 0 Å². The van der Waals surface area contributed by atoms with Crippen molar-refractivity contribution < 1.29 is 14.3 Å². The molecule has 0 fully saturated rings. The molecule has 20 heavy (non-hydrogen) atoms. The first-order chi connectivity index (χ1) is 9.67. The Hall–Kier alpha value is -1.59. The number of methoxy groups -OCH3 is 2. The van der Waals surface area contributed by atoms with Crippen LogP contribution in [0.25, 0.3) is 0 Å². The molecule has 1 rings (SSSR count). The van der Waals surface area contributed by atoms with Crippen LogP contribution in [-0.4, -0.2) is 46.4 Å². The van der Waals surface area contributed by atoms with Crippen LogP contribution in [0.15, 0.2) is 18.2 Å². The van der Waals surface area contributed by atoms with E-state index < -0.39 is 0 Å². The van der Waals surface area contributed by atoms with Gasteiger partial charge in [0.25, 0.3) is 0 Å². The third kappa shape index (κ3) is 6.04. The summed E-state index contributed by atoms with van der Waals surface area (Å²) in [5.74, 6) is 0.834. The zero-order valence-corrected chi connectivity index (χ0v) is 12.5. The minimum absolute atomic E-state index is 0.0180. The molecule has 1 aromatic carbocycles. The summed E-state index contributed by atoms with van der Waals surface area (Å²) < 4.78 is 10.2. The zero-order valence-electron chi connectivity index (χ0n) is 12.5. The normalized spacial score (nSPS) is 10.3. The van der Waals surface area contributed by atoms with Crippen molar-refractivity contribution in [1.82, 2.24) is 10.6 Å². The molecule has 2 N–H and O–H groups in total. The van der Waals surface area contributed by atoms with Crippen molar-refractivity contribution in [2.24, 2.45) is 0 Å². The number of benzene rings is 1. The van der Waals surface area contributed by atoms with Gasteiger partial charge in [-0.25, -0.2) is 0 Å². The molecule has 0 unspecified atom stereocenters. The number of hydrogen-bond acceptors (Lipinski definition) is 4. The van der Waals surface area contributed by atoms with Gasteiger partial charge < -0.3 is 20.1 Å². The van der Waals surface area contributed by atoms with Gasteiger partial charge in [0.1, 0.15) is 5.75 Å². The van der Waals surface area contributed by atoms with E-state index in [2.05, 4.69) is 10.6 Å². The van der Waals surface area contributed by atoms with Crippen molar-refractivity contribution in [2.75, 3.05) is 40.5 Å². The highest BCUT2D eigenvalue weighted by Crippen LogP contribution is 2.19. The minimum Gasteiger partial charge on any atom is -0.496 e. The van der Waals surface area contributed by atoms with Gasteiger partial charge in [0.2, 0.25) is 5.91 Å². The van der Waals surface area contributed by atoms with Crippen LogP contribution in [0.3, 0.4) is 0 Å². The van der Waals surface area contributed by atoms with Gasteiger partial charge in [-0.1, -0.05) is 12.1 Å². The Balaban J connectivity index is 2.28. The molecule has 1 aromatic rings.